The molecular weight excluding hydrogens is 396 g/mol. The van der Waals surface area contributed by atoms with Gasteiger partial charge < -0.3 is 29.6 Å². The summed E-state index contributed by atoms with van der Waals surface area (Å²) >= 11 is 0. The van der Waals surface area contributed by atoms with Crippen molar-refractivity contribution < 1.29 is 38.1 Å². The van der Waals surface area contributed by atoms with Gasteiger partial charge in [0.15, 0.2) is 18.1 Å². The summed E-state index contributed by atoms with van der Waals surface area (Å²) in [6, 6.07) is 3.71. The zero-order valence-corrected chi connectivity index (χ0v) is 17.8. The predicted octanol–water partition coefficient (Wildman–Crippen LogP) is 0.681. The third-order valence-corrected chi connectivity index (χ3v) is 3.93. The summed E-state index contributed by atoms with van der Waals surface area (Å²) in [5, 5.41) is 4.85. The maximum Gasteiger partial charge on any atom is 0.328 e. The van der Waals surface area contributed by atoms with E-state index in [1.54, 1.807) is 6.07 Å². The zero-order valence-electron chi connectivity index (χ0n) is 17.8. The lowest BCUT2D eigenvalue weighted by atomic mass is 10.0. The van der Waals surface area contributed by atoms with Gasteiger partial charge in [0, 0.05) is 5.56 Å². The Bertz CT molecular complexity index is 763. The highest BCUT2D eigenvalue weighted by molar-refractivity contribution is 5.96. The zero-order chi connectivity index (χ0) is 22.7. The minimum atomic E-state index is -0.828. The Morgan fingerprint density at radius 1 is 1.00 bits per heavy atom. The number of methoxy groups -OCH3 is 3. The Labute approximate surface area is 175 Å². The van der Waals surface area contributed by atoms with E-state index >= 15 is 0 Å². The average Bonchev–Trinajstić information content (AvgIpc) is 2.73. The first-order chi connectivity index (χ1) is 14.2. The highest BCUT2D eigenvalue weighted by atomic mass is 16.5. The van der Waals surface area contributed by atoms with E-state index < -0.39 is 42.9 Å². The van der Waals surface area contributed by atoms with Crippen LogP contribution in [0.4, 0.5) is 0 Å². The van der Waals surface area contributed by atoms with Crippen LogP contribution >= 0.6 is 0 Å². The number of benzene rings is 1. The molecule has 0 radical (unpaired) electrons. The molecule has 0 heterocycles. The SMILES string of the molecule is COC(=O)C(CC(C)C)NC(=O)COC(=O)CNC(=O)c1ccc(OC)c(OC)c1. The van der Waals surface area contributed by atoms with Crippen LogP contribution in [-0.4, -0.2) is 64.3 Å². The average molecular weight is 424 g/mol. The Morgan fingerprint density at radius 2 is 1.67 bits per heavy atom. The number of rotatable bonds is 11. The monoisotopic (exact) mass is 424 g/mol. The fourth-order valence-electron chi connectivity index (χ4n) is 2.49. The number of ether oxygens (including phenoxy) is 4. The number of carbonyl (C=O) groups is 4. The minimum absolute atomic E-state index is 0.142. The van der Waals surface area contributed by atoms with Crippen molar-refractivity contribution in [2.45, 2.75) is 26.3 Å². The van der Waals surface area contributed by atoms with Gasteiger partial charge in [-0.3, -0.25) is 14.4 Å². The Balaban J connectivity index is 2.50. The van der Waals surface area contributed by atoms with Crippen LogP contribution < -0.4 is 20.1 Å². The second-order valence-corrected chi connectivity index (χ2v) is 6.69. The molecule has 0 saturated heterocycles. The third kappa shape index (κ3) is 7.98. The third-order valence-electron chi connectivity index (χ3n) is 3.93. The second kappa shape index (κ2) is 12.3. The van der Waals surface area contributed by atoms with E-state index in [2.05, 4.69) is 15.4 Å². The Kier molecular flexibility index (Phi) is 10.1. The summed E-state index contributed by atoms with van der Waals surface area (Å²) < 4.78 is 19.7. The molecule has 1 aromatic rings. The molecule has 1 aromatic carbocycles. The van der Waals surface area contributed by atoms with E-state index in [1.807, 2.05) is 13.8 Å². The first-order valence-corrected chi connectivity index (χ1v) is 9.24. The van der Waals surface area contributed by atoms with E-state index in [4.69, 9.17) is 14.2 Å². The van der Waals surface area contributed by atoms with Gasteiger partial charge in [-0.15, -0.1) is 0 Å². The highest BCUT2D eigenvalue weighted by Gasteiger charge is 2.23. The smallest absolute Gasteiger partial charge is 0.328 e. The Hall–Kier alpha value is -3.30. The number of nitrogens with one attached hydrogen (secondary N) is 2. The van der Waals surface area contributed by atoms with Gasteiger partial charge in [0.05, 0.1) is 21.3 Å². The van der Waals surface area contributed by atoms with Crippen molar-refractivity contribution in [3.63, 3.8) is 0 Å². The van der Waals surface area contributed by atoms with E-state index in [-0.39, 0.29) is 11.5 Å². The van der Waals surface area contributed by atoms with Crippen LogP contribution in [0.3, 0.4) is 0 Å². The van der Waals surface area contributed by atoms with Gasteiger partial charge in [0.2, 0.25) is 0 Å². The molecule has 0 aromatic heterocycles. The first kappa shape index (κ1) is 24.7. The molecule has 2 N–H and O–H groups in total. The van der Waals surface area contributed by atoms with Crippen LogP contribution in [0, 0.1) is 5.92 Å². The van der Waals surface area contributed by atoms with Crippen molar-refractivity contribution in [3.8, 4) is 11.5 Å². The summed E-state index contributed by atoms with van der Waals surface area (Å²) in [7, 11) is 4.14. The van der Waals surface area contributed by atoms with Crippen LogP contribution in [0.15, 0.2) is 18.2 Å². The fourth-order valence-corrected chi connectivity index (χ4v) is 2.49. The van der Waals surface area contributed by atoms with Gasteiger partial charge in [-0.1, -0.05) is 13.8 Å². The largest absolute Gasteiger partial charge is 0.493 e. The lowest BCUT2D eigenvalue weighted by Gasteiger charge is -2.18. The molecular formula is C20H28N2O8. The number of hydrogen-bond donors (Lipinski definition) is 2. The van der Waals surface area contributed by atoms with Crippen LogP contribution in [0.1, 0.15) is 30.6 Å². The van der Waals surface area contributed by atoms with Crippen molar-refractivity contribution in [1.29, 1.82) is 0 Å². The second-order valence-electron chi connectivity index (χ2n) is 6.69. The molecule has 0 aliphatic rings. The molecule has 2 amide bonds. The lowest BCUT2D eigenvalue weighted by molar-refractivity contribution is -0.149. The number of hydrogen-bond acceptors (Lipinski definition) is 8. The predicted molar refractivity (Wildman–Crippen MR) is 106 cm³/mol. The molecule has 1 atom stereocenters. The molecule has 0 saturated carbocycles. The van der Waals surface area contributed by atoms with Crippen molar-refractivity contribution in [1.82, 2.24) is 10.6 Å². The van der Waals surface area contributed by atoms with E-state index in [9.17, 15) is 19.2 Å². The molecule has 1 rings (SSSR count). The first-order valence-electron chi connectivity index (χ1n) is 9.24. The topological polar surface area (TPSA) is 129 Å². The molecule has 0 spiro atoms. The Morgan fingerprint density at radius 3 is 2.23 bits per heavy atom. The van der Waals surface area contributed by atoms with E-state index in [0.717, 1.165) is 0 Å². The lowest BCUT2D eigenvalue weighted by Crippen LogP contribution is -2.44. The number of amides is 2. The minimum Gasteiger partial charge on any atom is -0.493 e. The summed E-state index contributed by atoms with van der Waals surface area (Å²) in [6.45, 7) is 2.76. The number of carbonyl (C=O) groups excluding carboxylic acids is 4. The molecule has 0 bridgehead atoms. The quantitative estimate of drug-likeness (QED) is 0.496. The van der Waals surface area contributed by atoms with Crippen LogP contribution in [0.2, 0.25) is 0 Å². The summed E-state index contributed by atoms with van der Waals surface area (Å²) in [4.78, 5) is 47.6. The maximum atomic E-state index is 12.2. The molecule has 0 aliphatic heterocycles. The van der Waals surface area contributed by atoms with Crippen LogP contribution in [-0.2, 0) is 23.9 Å². The molecule has 1 unspecified atom stereocenters. The number of esters is 2. The van der Waals surface area contributed by atoms with Gasteiger partial charge in [-0.2, -0.15) is 0 Å². The van der Waals surface area contributed by atoms with Crippen molar-refractivity contribution in [2.24, 2.45) is 5.92 Å². The maximum absolute atomic E-state index is 12.2. The molecule has 0 fully saturated rings. The van der Waals surface area contributed by atoms with Crippen LogP contribution in [0.25, 0.3) is 0 Å². The van der Waals surface area contributed by atoms with Crippen molar-refractivity contribution >= 4 is 23.8 Å². The van der Waals surface area contributed by atoms with Crippen molar-refractivity contribution in [2.75, 3.05) is 34.5 Å². The summed E-state index contributed by atoms with van der Waals surface area (Å²) in [6.07, 6.45) is 0.383. The molecule has 10 heteroatoms. The van der Waals surface area contributed by atoms with E-state index in [1.165, 1.54) is 33.5 Å². The molecule has 0 aliphatic carbocycles. The molecule has 10 nitrogen and oxygen atoms in total. The van der Waals surface area contributed by atoms with Crippen LogP contribution in [0.5, 0.6) is 11.5 Å². The molecule has 30 heavy (non-hydrogen) atoms. The summed E-state index contributed by atoms with van der Waals surface area (Å²) in [5.41, 5.74) is 0.257. The summed E-state index contributed by atoms with van der Waals surface area (Å²) in [5.74, 6) is -1.59. The van der Waals surface area contributed by atoms with Gasteiger partial charge in [-0.05, 0) is 30.5 Å². The fraction of sp³-hybridized carbons (Fsp3) is 0.500. The molecule has 166 valence electrons. The van der Waals surface area contributed by atoms with E-state index in [0.29, 0.717) is 17.9 Å². The van der Waals surface area contributed by atoms with Gasteiger partial charge in [-0.25, -0.2) is 4.79 Å². The van der Waals surface area contributed by atoms with Gasteiger partial charge >= 0.3 is 11.9 Å². The standard InChI is InChI=1S/C20H28N2O8/c1-12(2)8-14(20(26)29-5)22-17(23)11-30-18(24)10-21-19(25)13-6-7-15(27-3)16(9-13)28-4/h6-7,9,12,14H,8,10-11H2,1-5H3,(H,21,25)(H,22,23). The van der Waals surface area contributed by atoms with Gasteiger partial charge in [0.25, 0.3) is 11.8 Å². The highest BCUT2D eigenvalue weighted by Crippen LogP contribution is 2.27. The van der Waals surface area contributed by atoms with Crippen molar-refractivity contribution in [3.05, 3.63) is 23.8 Å². The van der Waals surface area contributed by atoms with Gasteiger partial charge in [0.1, 0.15) is 12.6 Å². The normalized spacial score (nSPS) is 11.3.